The highest BCUT2D eigenvalue weighted by molar-refractivity contribution is 5.29. The van der Waals surface area contributed by atoms with Crippen LogP contribution in [0.5, 0.6) is 0 Å². The Kier molecular flexibility index (Phi) is 3.65. The van der Waals surface area contributed by atoms with Crippen molar-refractivity contribution in [1.29, 1.82) is 0 Å². The fourth-order valence-corrected chi connectivity index (χ4v) is 3.13. The van der Waals surface area contributed by atoms with Crippen molar-refractivity contribution in [3.8, 4) is 0 Å². The number of hydrogen-bond donors (Lipinski definition) is 1. The first-order chi connectivity index (χ1) is 7.72. The molecule has 0 heterocycles. The topological polar surface area (TPSA) is 12.0 Å². The minimum absolute atomic E-state index is 0.547. The summed E-state index contributed by atoms with van der Waals surface area (Å²) in [6, 6.07) is 9.33. The first kappa shape index (κ1) is 11.7. The van der Waals surface area contributed by atoms with Crippen LogP contribution in [0.4, 0.5) is 0 Å². The third kappa shape index (κ3) is 2.30. The van der Waals surface area contributed by atoms with E-state index in [9.17, 15) is 0 Å². The van der Waals surface area contributed by atoms with Crippen LogP contribution in [0.2, 0.25) is 0 Å². The summed E-state index contributed by atoms with van der Waals surface area (Å²) in [6.07, 6.45) is 4.15. The van der Waals surface area contributed by atoms with Crippen LogP contribution < -0.4 is 5.32 Å². The smallest absolute Gasteiger partial charge is 0.0348 e. The zero-order chi connectivity index (χ0) is 11.5. The molecule has 1 aliphatic carbocycles. The molecule has 1 fully saturated rings. The maximum Gasteiger partial charge on any atom is 0.0348 e. The van der Waals surface area contributed by atoms with Gasteiger partial charge in [-0.15, -0.1) is 0 Å². The van der Waals surface area contributed by atoms with Crippen molar-refractivity contribution in [2.24, 2.45) is 11.8 Å². The molecule has 2 rings (SSSR count). The molecule has 88 valence electrons. The summed E-state index contributed by atoms with van der Waals surface area (Å²) < 4.78 is 0. The molecular weight excluding hydrogens is 194 g/mol. The van der Waals surface area contributed by atoms with Gasteiger partial charge in [-0.1, -0.05) is 37.6 Å². The molecule has 3 atom stereocenters. The second-order valence-electron chi connectivity index (χ2n) is 5.30. The Balaban J connectivity index is 2.19. The fraction of sp³-hybridized carbons (Fsp3) is 0.600. The van der Waals surface area contributed by atoms with Crippen LogP contribution in [0.3, 0.4) is 0 Å². The zero-order valence-electron chi connectivity index (χ0n) is 10.7. The van der Waals surface area contributed by atoms with Gasteiger partial charge in [-0.2, -0.15) is 0 Å². The summed E-state index contributed by atoms with van der Waals surface area (Å²) >= 11 is 0. The van der Waals surface area contributed by atoms with Crippen LogP contribution >= 0.6 is 0 Å². The largest absolute Gasteiger partial charge is 0.313 e. The average molecular weight is 217 g/mol. The Morgan fingerprint density at radius 1 is 1.25 bits per heavy atom. The molecular formula is C15H23N. The SMILES string of the molecule is CNC(c1ccccc1C)C1CCC(C)C1. The van der Waals surface area contributed by atoms with Gasteiger partial charge in [0.05, 0.1) is 0 Å². The van der Waals surface area contributed by atoms with Crippen LogP contribution in [0, 0.1) is 18.8 Å². The van der Waals surface area contributed by atoms with Gasteiger partial charge in [-0.3, -0.25) is 0 Å². The predicted molar refractivity (Wildman–Crippen MR) is 69.5 cm³/mol. The molecule has 1 aromatic rings. The van der Waals surface area contributed by atoms with Gasteiger partial charge in [0.1, 0.15) is 0 Å². The van der Waals surface area contributed by atoms with Gasteiger partial charge in [0.25, 0.3) is 0 Å². The van der Waals surface area contributed by atoms with E-state index < -0.39 is 0 Å². The molecule has 1 aromatic carbocycles. The number of benzene rings is 1. The summed E-state index contributed by atoms with van der Waals surface area (Å²) in [6.45, 7) is 4.60. The second-order valence-corrected chi connectivity index (χ2v) is 5.30. The van der Waals surface area contributed by atoms with E-state index in [4.69, 9.17) is 0 Å². The molecule has 3 unspecified atom stereocenters. The Labute approximate surface area is 99.3 Å². The summed E-state index contributed by atoms with van der Waals surface area (Å²) in [4.78, 5) is 0. The quantitative estimate of drug-likeness (QED) is 0.814. The molecule has 0 aliphatic heterocycles. The Bertz CT molecular complexity index is 345. The van der Waals surface area contributed by atoms with E-state index in [1.807, 2.05) is 0 Å². The van der Waals surface area contributed by atoms with Gasteiger partial charge in [-0.05, 0) is 49.8 Å². The molecule has 0 saturated heterocycles. The van der Waals surface area contributed by atoms with Crippen molar-refractivity contribution in [1.82, 2.24) is 5.32 Å². The van der Waals surface area contributed by atoms with Gasteiger partial charge < -0.3 is 5.32 Å². The monoisotopic (exact) mass is 217 g/mol. The summed E-state index contributed by atoms with van der Waals surface area (Å²) in [7, 11) is 2.10. The zero-order valence-corrected chi connectivity index (χ0v) is 10.7. The predicted octanol–water partition coefficient (Wildman–Crippen LogP) is 3.69. The van der Waals surface area contributed by atoms with E-state index in [-0.39, 0.29) is 0 Å². The van der Waals surface area contributed by atoms with Crippen molar-refractivity contribution in [3.05, 3.63) is 35.4 Å². The van der Waals surface area contributed by atoms with Gasteiger partial charge in [-0.25, -0.2) is 0 Å². The highest BCUT2D eigenvalue weighted by atomic mass is 14.9. The van der Waals surface area contributed by atoms with Gasteiger partial charge >= 0.3 is 0 Å². The minimum atomic E-state index is 0.547. The van der Waals surface area contributed by atoms with Crippen LogP contribution in [-0.2, 0) is 0 Å². The van der Waals surface area contributed by atoms with Gasteiger partial charge in [0.2, 0.25) is 0 Å². The van der Waals surface area contributed by atoms with Gasteiger partial charge in [0.15, 0.2) is 0 Å². The van der Waals surface area contributed by atoms with E-state index in [2.05, 4.69) is 50.5 Å². The summed E-state index contributed by atoms with van der Waals surface area (Å²) in [5, 5.41) is 3.52. The molecule has 0 amide bonds. The second kappa shape index (κ2) is 5.01. The Morgan fingerprint density at radius 2 is 2.00 bits per heavy atom. The third-order valence-electron chi connectivity index (χ3n) is 4.04. The molecule has 0 aromatic heterocycles. The lowest BCUT2D eigenvalue weighted by Gasteiger charge is -2.25. The van der Waals surface area contributed by atoms with Crippen LogP contribution in [0.25, 0.3) is 0 Å². The molecule has 0 spiro atoms. The maximum atomic E-state index is 3.52. The first-order valence-electron chi connectivity index (χ1n) is 6.45. The standard InChI is InChI=1S/C15H23N/c1-11-8-9-13(10-11)15(16-3)14-7-5-4-6-12(14)2/h4-7,11,13,15-16H,8-10H2,1-3H3. The lowest BCUT2D eigenvalue weighted by molar-refractivity contribution is 0.378. The van der Waals surface area contributed by atoms with E-state index in [0.29, 0.717) is 6.04 Å². The van der Waals surface area contributed by atoms with Crippen LogP contribution in [0.15, 0.2) is 24.3 Å². The summed E-state index contributed by atoms with van der Waals surface area (Å²) in [5.74, 6) is 1.73. The normalized spacial score (nSPS) is 26.9. The van der Waals surface area contributed by atoms with Crippen molar-refractivity contribution in [2.45, 2.75) is 39.2 Å². The molecule has 1 nitrogen and oxygen atoms in total. The van der Waals surface area contributed by atoms with Gasteiger partial charge in [0, 0.05) is 6.04 Å². The van der Waals surface area contributed by atoms with Crippen molar-refractivity contribution in [3.63, 3.8) is 0 Å². The highest BCUT2D eigenvalue weighted by Gasteiger charge is 2.29. The van der Waals surface area contributed by atoms with E-state index in [1.165, 1.54) is 30.4 Å². The number of hydrogen-bond acceptors (Lipinski definition) is 1. The molecule has 0 radical (unpaired) electrons. The minimum Gasteiger partial charge on any atom is -0.313 e. The number of nitrogens with one attached hydrogen (secondary N) is 1. The molecule has 1 N–H and O–H groups in total. The first-order valence-corrected chi connectivity index (χ1v) is 6.45. The average Bonchev–Trinajstić information content (AvgIpc) is 2.69. The number of rotatable bonds is 3. The molecule has 16 heavy (non-hydrogen) atoms. The Morgan fingerprint density at radius 3 is 2.56 bits per heavy atom. The highest BCUT2D eigenvalue weighted by Crippen LogP contribution is 2.39. The van der Waals surface area contributed by atoms with E-state index >= 15 is 0 Å². The van der Waals surface area contributed by atoms with E-state index in [0.717, 1.165) is 11.8 Å². The van der Waals surface area contributed by atoms with Crippen molar-refractivity contribution < 1.29 is 0 Å². The molecule has 1 aliphatic rings. The lowest BCUT2D eigenvalue weighted by Crippen LogP contribution is -2.24. The van der Waals surface area contributed by atoms with Crippen molar-refractivity contribution in [2.75, 3.05) is 7.05 Å². The molecule has 1 heteroatoms. The van der Waals surface area contributed by atoms with Crippen molar-refractivity contribution >= 4 is 0 Å². The fourth-order valence-electron chi connectivity index (χ4n) is 3.13. The summed E-state index contributed by atoms with van der Waals surface area (Å²) in [5.41, 5.74) is 2.91. The number of aryl methyl sites for hydroxylation is 1. The third-order valence-corrected chi connectivity index (χ3v) is 4.04. The molecule has 0 bridgehead atoms. The van der Waals surface area contributed by atoms with E-state index in [1.54, 1.807) is 0 Å². The lowest BCUT2D eigenvalue weighted by atomic mass is 9.89. The molecule has 1 saturated carbocycles. The Hall–Kier alpha value is -0.820. The maximum absolute atomic E-state index is 3.52. The van der Waals surface area contributed by atoms with Crippen LogP contribution in [-0.4, -0.2) is 7.05 Å². The van der Waals surface area contributed by atoms with Crippen LogP contribution in [0.1, 0.15) is 43.4 Å².